The second-order valence-corrected chi connectivity index (χ2v) is 13.0. The summed E-state index contributed by atoms with van der Waals surface area (Å²) in [6.45, 7) is 4.19. The lowest BCUT2D eigenvalue weighted by Gasteiger charge is -2.28. The number of nitrogens with one attached hydrogen (secondary N) is 2. The Labute approximate surface area is 314 Å². The largest absolute Gasteiger partial charge is 0.493 e. The molecule has 0 aliphatic carbocycles. The Morgan fingerprint density at radius 3 is 2.13 bits per heavy atom. The van der Waals surface area contributed by atoms with E-state index in [1.165, 1.54) is 0 Å². The minimum absolute atomic E-state index is 0.249. The predicted octanol–water partition coefficient (Wildman–Crippen LogP) is 8.90. The van der Waals surface area contributed by atoms with Gasteiger partial charge in [0, 0.05) is 80.1 Å². The van der Waals surface area contributed by atoms with E-state index in [9.17, 15) is 10.1 Å². The summed E-state index contributed by atoms with van der Waals surface area (Å²) in [5.41, 5.74) is 8.55. The van der Waals surface area contributed by atoms with E-state index >= 15 is 0 Å². The number of carbonyl (C=O) groups is 1. The minimum atomic E-state index is -0.249. The molecule has 0 aliphatic heterocycles. The van der Waals surface area contributed by atoms with Crippen molar-refractivity contribution in [3.63, 3.8) is 0 Å². The maximum Gasteiger partial charge on any atom is 0.251 e. The van der Waals surface area contributed by atoms with Gasteiger partial charge in [0.15, 0.2) is 0 Å². The van der Waals surface area contributed by atoms with Crippen LogP contribution in [0, 0.1) is 18.3 Å². The molecule has 0 saturated heterocycles. The van der Waals surface area contributed by atoms with Crippen LogP contribution in [0.4, 0.5) is 11.4 Å². The van der Waals surface area contributed by atoms with Gasteiger partial charge in [-0.15, -0.1) is 0 Å². The zero-order valence-electron chi connectivity index (χ0n) is 29.7. The van der Waals surface area contributed by atoms with Crippen molar-refractivity contribution < 1.29 is 14.3 Å². The quantitative estimate of drug-likeness (QED) is 0.0947. The van der Waals surface area contributed by atoms with Crippen LogP contribution in [0.2, 0.25) is 0 Å². The molecule has 0 fully saturated rings. The van der Waals surface area contributed by atoms with Gasteiger partial charge in [-0.05, 0) is 95.4 Å². The van der Waals surface area contributed by atoms with E-state index in [1.54, 1.807) is 48.7 Å². The molecule has 1 amide bonds. The summed E-state index contributed by atoms with van der Waals surface area (Å²) in [7, 11) is 0. The number of rotatable bonds is 16. The number of carbonyl (C=O) groups excluding carboxylic acids is 1. The van der Waals surface area contributed by atoms with Crippen LogP contribution < -0.4 is 24.4 Å². The summed E-state index contributed by atoms with van der Waals surface area (Å²) in [5, 5.41) is 12.3. The fraction of sp³-hybridized carbons (Fsp3) is 0.163. The maximum atomic E-state index is 13.3. The van der Waals surface area contributed by atoms with Crippen LogP contribution in [-0.4, -0.2) is 28.7 Å². The molecule has 0 bridgehead atoms. The van der Waals surface area contributed by atoms with Crippen molar-refractivity contribution in [3.8, 4) is 23.3 Å². The highest BCUT2D eigenvalue weighted by Crippen LogP contribution is 2.32. The van der Waals surface area contributed by atoms with Gasteiger partial charge in [-0.3, -0.25) is 14.8 Å². The van der Waals surface area contributed by atoms with Crippen molar-refractivity contribution in [2.75, 3.05) is 22.5 Å². The highest BCUT2D eigenvalue weighted by Gasteiger charge is 2.15. The summed E-state index contributed by atoms with van der Waals surface area (Å²) in [6, 6.07) is 37.1. The first-order valence-corrected chi connectivity index (χ1v) is 18.4. The van der Waals surface area contributed by atoms with Crippen molar-refractivity contribution >= 4 is 29.2 Å². The van der Waals surface area contributed by atoms with E-state index in [0.29, 0.717) is 61.0 Å². The smallest absolute Gasteiger partial charge is 0.251 e. The van der Waals surface area contributed by atoms with Crippen molar-refractivity contribution in [1.82, 2.24) is 15.3 Å². The van der Waals surface area contributed by atoms with Crippen molar-refractivity contribution in [3.05, 3.63) is 173 Å². The van der Waals surface area contributed by atoms with E-state index in [2.05, 4.69) is 68.2 Å². The molecule has 6 aromatic rings. The molecule has 0 radical (unpaired) electrons. The molecule has 2 aromatic heterocycles. The molecule has 4 aromatic carbocycles. The third-order valence-corrected chi connectivity index (χ3v) is 8.97. The first kappa shape index (κ1) is 36.5. The molecule has 0 saturated carbocycles. The molecule has 0 aliphatic rings. The molecule has 0 spiro atoms. The predicted molar refractivity (Wildman–Crippen MR) is 211 cm³/mol. The first-order valence-electron chi connectivity index (χ1n) is 17.2. The lowest BCUT2D eigenvalue weighted by molar-refractivity contribution is 0.0950. The standard InChI is InChI=1S/C43H40N6O3S/c1-31-41(48-53-2)8-3-9-42(31)49(29-34-12-10-32(25-44)11-13-34)30-35-14-16-38(17-15-35)52-40-23-37(43(50)47-28-36-7-5-20-46-27-36)22-39(24-40)51-21-18-33-6-4-19-45-26-33/h3-17,19-20,22-24,26-27,48H,18,21,28-30H2,1-2H3,(H,47,50). The summed E-state index contributed by atoms with van der Waals surface area (Å²) in [4.78, 5) is 24.0. The van der Waals surface area contributed by atoms with Crippen LogP contribution in [0.3, 0.4) is 0 Å². The van der Waals surface area contributed by atoms with Gasteiger partial charge < -0.3 is 24.4 Å². The van der Waals surface area contributed by atoms with E-state index in [0.717, 1.165) is 39.2 Å². The van der Waals surface area contributed by atoms with E-state index in [-0.39, 0.29) is 5.91 Å². The molecular weight excluding hydrogens is 681 g/mol. The molecule has 53 heavy (non-hydrogen) atoms. The number of benzene rings is 4. The third-order valence-electron chi connectivity index (χ3n) is 8.55. The van der Waals surface area contributed by atoms with Gasteiger partial charge in [0.2, 0.25) is 0 Å². The number of aromatic nitrogens is 2. The SMILES string of the molecule is CSNc1cccc(N(Cc2ccc(C#N)cc2)Cc2ccc(Oc3cc(OCCc4cccnc4)cc(C(=O)NCc4cccnc4)c3)cc2)c1C. The van der Waals surface area contributed by atoms with Gasteiger partial charge in [-0.2, -0.15) is 5.26 Å². The van der Waals surface area contributed by atoms with Crippen LogP contribution in [0.5, 0.6) is 17.2 Å². The Kier molecular flexibility index (Phi) is 12.6. The molecule has 2 N–H and O–H groups in total. The molecule has 266 valence electrons. The normalized spacial score (nSPS) is 10.6. The summed E-state index contributed by atoms with van der Waals surface area (Å²) in [5.74, 6) is 1.39. The zero-order valence-corrected chi connectivity index (χ0v) is 30.5. The van der Waals surface area contributed by atoms with Crippen molar-refractivity contribution in [1.29, 1.82) is 5.26 Å². The maximum absolute atomic E-state index is 13.3. The van der Waals surface area contributed by atoms with Gasteiger partial charge in [-0.1, -0.05) is 54.4 Å². The number of anilines is 2. The molecule has 0 unspecified atom stereocenters. The van der Waals surface area contributed by atoms with Crippen LogP contribution >= 0.6 is 11.9 Å². The lowest BCUT2D eigenvalue weighted by Crippen LogP contribution is -2.23. The van der Waals surface area contributed by atoms with Crippen molar-refractivity contribution in [2.24, 2.45) is 0 Å². The Morgan fingerprint density at radius 1 is 0.792 bits per heavy atom. The molecule has 0 atom stereocenters. The fourth-order valence-electron chi connectivity index (χ4n) is 5.80. The Morgan fingerprint density at radius 2 is 1.47 bits per heavy atom. The lowest BCUT2D eigenvalue weighted by atomic mass is 10.1. The molecule has 2 heterocycles. The molecule has 9 nitrogen and oxygen atoms in total. The summed E-state index contributed by atoms with van der Waals surface area (Å²) >= 11 is 1.56. The van der Waals surface area contributed by atoms with Gasteiger partial charge in [-0.25, -0.2) is 0 Å². The van der Waals surface area contributed by atoms with Gasteiger partial charge >= 0.3 is 0 Å². The number of nitriles is 1. The average molecular weight is 721 g/mol. The molecule has 6 rings (SSSR count). The van der Waals surface area contributed by atoms with Gasteiger partial charge in [0.1, 0.15) is 17.2 Å². The summed E-state index contributed by atoms with van der Waals surface area (Å²) < 4.78 is 15.8. The van der Waals surface area contributed by atoms with Gasteiger partial charge in [0.05, 0.1) is 18.2 Å². The topological polar surface area (TPSA) is 112 Å². The Bertz CT molecular complexity index is 2140. The minimum Gasteiger partial charge on any atom is -0.493 e. The number of hydrogen-bond donors (Lipinski definition) is 2. The van der Waals surface area contributed by atoms with Crippen LogP contribution in [-0.2, 0) is 26.1 Å². The number of hydrogen-bond acceptors (Lipinski definition) is 9. The van der Waals surface area contributed by atoms with E-state index in [4.69, 9.17) is 9.47 Å². The summed E-state index contributed by atoms with van der Waals surface area (Å²) in [6.07, 6.45) is 9.67. The van der Waals surface area contributed by atoms with E-state index in [1.807, 2.05) is 73.1 Å². The van der Waals surface area contributed by atoms with Crippen molar-refractivity contribution in [2.45, 2.75) is 33.0 Å². The molecular formula is C43H40N6O3S. The van der Waals surface area contributed by atoms with Gasteiger partial charge in [0.25, 0.3) is 5.91 Å². The van der Waals surface area contributed by atoms with Crippen LogP contribution in [0.25, 0.3) is 0 Å². The van der Waals surface area contributed by atoms with Crippen LogP contribution in [0.15, 0.2) is 134 Å². The number of nitrogens with zero attached hydrogens (tertiary/aromatic N) is 4. The highest BCUT2D eigenvalue weighted by atomic mass is 32.2. The molecule has 10 heteroatoms. The van der Waals surface area contributed by atoms with E-state index < -0.39 is 0 Å². The first-order chi connectivity index (χ1) is 26.0. The Hall–Kier alpha value is -6.31. The number of ether oxygens (including phenoxy) is 2. The number of amides is 1. The third kappa shape index (κ3) is 10.4. The second kappa shape index (κ2) is 18.3. The number of pyridine rings is 2. The van der Waals surface area contributed by atoms with Crippen LogP contribution in [0.1, 0.15) is 43.7 Å². The monoisotopic (exact) mass is 720 g/mol. The highest BCUT2D eigenvalue weighted by molar-refractivity contribution is 7.99. The Balaban J connectivity index is 1.20. The fourth-order valence-corrected chi connectivity index (χ4v) is 6.24. The second-order valence-electron chi connectivity index (χ2n) is 12.4. The average Bonchev–Trinajstić information content (AvgIpc) is 3.19. The zero-order chi connectivity index (χ0) is 36.8.